The Labute approximate surface area is 108 Å². The first kappa shape index (κ1) is 13.0. The van der Waals surface area contributed by atoms with Crippen molar-refractivity contribution in [2.24, 2.45) is 5.92 Å². The highest BCUT2D eigenvalue weighted by Gasteiger charge is 2.27. The van der Waals surface area contributed by atoms with Gasteiger partial charge in [0.2, 0.25) is 0 Å². The van der Waals surface area contributed by atoms with Crippen molar-refractivity contribution in [3.63, 3.8) is 0 Å². The minimum atomic E-state index is -0.254. The molecule has 2 rings (SSSR count). The first-order valence-electron chi connectivity index (χ1n) is 6.43. The molecule has 98 valence electrons. The van der Waals surface area contributed by atoms with Crippen LogP contribution < -0.4 is 0 Å². The molecule has 1 saturated carbocycles. The van der Waals surface area contributed by atoms with Crippen molar-refractivity contribution in [3.8, 4) is 0 Å². The zero-order chi connectivity index (χ0) is 13.1. The first-order chi connectivity index (χ1) is 8.58. The van der Waals surface area contributed by atoms with Gasteiger partial charge in [-0.2, -0.15) is 0 Å². The number of carbonyl (C=O) groups excluding carboxylic acids is 1. The van der Waals surface area contributed by atoms with Gasteiger partial charge in [-0.05, 0) is 31.4 Å². The standard InChI is InChI=1S/C14H20N2O2/c1-10-6-12(8-15-7-10)14(18)16(2)9-11-4-3-5-13(11)17/h6-8,11,13,17H,3-5,9H2,1-2H3. The van der Waals surface area contributed by atoms with E-state index < -0.39 is 0 Å². The largest absolute Gasteiger partial charge is 0.393 e. The fourth-order valence-corrected chi connectivity index (χ4v) is 2.56. The van der Waals surface area contributed by atoms with Gasteiger partial charge in [-0.1, -0.05) is 6.42 Å². The van der Waals surface area contributed by atoms with Gasteiger partial charge >= 0.3 is 0 Å². The van der Waals surface area contributed by atoms with Crippen LogP contribution in [0.2, 0.25) is 0 Å². The Hall–Kier alpha value is -1.42. The summed E-state index contributed by atoms with van der Waals surface area (Å²) in [5.41, 5.74) is 1.60. The summed E-state index contributed by atoms with van der Waals surface area (Å²) >= 11 is 0. The van der Waals surface area contributed by atoms with Crippen LogP contribution in [0.25, 0.3) is 0 Å². The second kappa shape index (κ2) is 5.48. The number of hydrogen-bond donors (Lipinski definition) is 1. The zero-order valence-electron chi connectivity index (χ0n) is 11.0. The van der Waals surface area contributed by atoms with Gasteiger partial charge in [0.1, 0.15) is 0 Å². The predicted octanol–water partition coefficient (Wildman–Crippen LogP) is 1.62. The van der Waals surface area contributed by atoms with Crippen molar-refractivity contribution in [2.45, 2.75) is 32.3 Å². The van der Waals surface area contributed by atoms with Crippen molar-refractivity contribution < 1.29 is 9.90 Å². The van der Waals surface area contributed by atoms with Gasteiger partial charge in [-0.15, -0.1) is 0 Å². The summed E-state index contributed by atoms with van der Waals surface area (Å²) < 4.78 is 0. The highest BCUT2D eigenvalue weighted by atomic mass is 16.3. The summed E-state index contributed by atoms with van der Waals surface area (Å²) in [7, 11) is 1.79. The minimum absolute atomic E-state index is 0.0229. The van der Waals surface area contributed by atoms with Crippen LogP contribution in [0.15, 0.2) is 18.5 Å². The third-order valence-electron chi connectivity index (χ3n) is 3.60. The van der Waals surface area contributed by atoms with Gasteiger partial charge in [0.25, 0.3) is 5.91 Å². The van der Waals surface area contributed by atoms with E-state index in [1.807, 2.05) is 13.0 Å². The molecule has 1 N–H and O–H groups in total. The molecular weight excluding hydrogens is 228 g/mol. The van der Waals surface area contributed by atoms with Crippen LogP contribution in [0.3, 0.4) is 0 Å². The Kier molecular flexibility index (Phi) is 3.97. The number of aliphatic hydroxyl groups excluding tert-OH is 1. The molecular formula is C14H20N2O2. The van der Waals surface area contributed by atoms with Crippen molar-refractivity contribution in [2.75, 3.05) is 13.6 Å². The highest BCUT2D eigenvalue weighted by Crippen LogP contribution is 2.26. The van der Waals surface area contributed by atoms with Gasteiger partial charge in [-0.25, -0.2) is 0 Å². The third-order valence-corrected chi connectivity index (χ3v) is 3.60. The minimum Gasteiger partial charge on any atom is -0.393 e. The van der Waals surface area contributed by atoms with Crippen LogP contribution in [0.4, 0.5) is 0 Å². The second-order valence-corrected chi connectivity index (χ2v) is 5.19. The average Bonchev–Trinajstić information content (AvgIpc) is 2.74. The maximum absolute atomic E-state index is 12.2. The number of nitrogens with zero attached hydrogens (tertiary/aromatic N) is 2. The van der Waals surface area contributed by atoms with E-state index in [4.69, 9.17) is 0 Å². The lowest BCUT2D eigenvalue weighted by atomic mass is 10.1. The molecule has 1 fully saturated rings. The van der Waals surface area contributed by atoms with Crippen LogP contribution >= 0.6 is 0 Å². The number of aryl methyl sites for hydroxylation is 1. The summed E-state index contributed by atoms with van der Waals surface area (Å²) in [6.07, 6.45) is 5.99. The zero-order valence-corrected chi connectivity index (χ0v) is 11.0. The molecule has 18 heavy (non-hydrogen) atoms. The van der Waals surface area contributed by atoms with E-state index >= 15 is 0 Å². The van der Waals surface area contributed by atoms with Gasteiger partial charge in [-0.3, -0.25) is 9.78 Å². The lowest BCUT2D eigenvalue weighted by Crippen LogP contribution is -2.34. The quantitative estimate of drug-likeness (QED) is 0.884. The molecule has 0 bridgehead atoms. The number of hydrogen-bond acceptors (Lipinski definition) is 3. The van der Waals surface area contributed by atoms with Crippen molar-refractivity contribution >= 4 is 5.91 Å². The van der Waals surface area contributed by atoms with Gasteiger partial charge in [0, 0.05) is 31.9 Å². The van der Waals surface area contributed by atoms with E-state index in [1.165, 1.54) is 0 Å². The normalized spacial score (nSPS) is 23.1. The van der Waals surface area contributed by atoms with Crippen molar-refractivity contribution in [3.05, 3.63) is 29.6 Å². The molecule has 0 saturated heterocycles. The lowest BCUT2D eigenvalue weighted by Gasteiger charge is -2.23. The van der Waals surface area contributed by atoms with Crippen LogP contribution in [-0.4, -0.2) is 40.6 Å². The summed E-state index contributed by atoms with van der Waals surface area (Å²) in [4.78, 5) is 17.9. The lowest BCUT2D eigenvalue weighted by molar-refractivity contribution is 0.0693. The fraction of sp³-hybridized carbons (Fsp3) is 0.571. The summed E-state index contributed by atoms with van der Waals surface area (Å²) in [5.74, 6) is 0.196. The Morgan fingerprint density at radius 2 is 2.28 bits per heavy atom. The maximum atomic E-state index is 12.2. The second-order valence-electron chi connectivity index (χ2n) is 5.19. The van der Waals surface area contributed by atoms with E-state index in [1.54, 1.807) is 24.3 Å². The molecule has 0 radical (unpaired) electrons. The summed E-state index contributed by atoms with van der Waals surface area (Å²) in [5, 5.41) is 9.78. The Morgan fingerprint density at radius 1 is 1.50 bits per heavy atom. The Balaban J connectivity index is 2.00. The molecule has 2 atom stereocenters. The molecule has 1 heterocycles. The summed E-state index contributed by atoms with van der Waals surface area (Å²) in [6.45, 7) is 2.54. The van der Waals surface area contributed by atoms with Crippen LogP contribution in [0, 0.1) is 12.8 Å². The van der Waals surface area contributed by atoms with E-state index in [9.17, 15) is 9.90 Å². The number of rotatable bonds is 3. The van der Waals surface area contributed by atoms with E-state index in [2.05, 4.69) is 4.98 Å². The van der Waals surface area contributed by atoms with Crippen LogP contribution in [0.5, 0.6) is 0 Å². The number of carbonyl (C=O) groups is 1. The predicted molar refractivity (Wildman–Crippen MR) is 69.3 cm³/mol. The molecule has 1 aromatic rings. The smallest absolute Gasteiger partial charge is 0.255 e. The number of aliphatic hydroxyl groups is 1. The molecule has 4 heteroatoms. The number of amides is 1. The van der Waals surface area contributed by atoms with E-state index in [0.717, 1.165) is 24.8 Å². The molecule has 2 unspecified atom stereocenters. The molecule has 1 amide bonds. The average molecular weight is 248 g/mol. The SMILES string of the molecule is Cc1cncc(C(=O)N(C)CC2CCCC2O)c1. The Morgan fingerprint density at radius 3 is 2.89 bits per heavy atom. The monoisotopic (exact) mass is 248 g/mol. The molecule has 4 nitrogen and oxygen atoms in total. The number of aromatic nitrogens is 1. The highest BCUT2D eigenvalue weighted by molar-refractivity contribution is 5.93. The molecule has 0 aliphatic heterocycles. The topological polar surface area (TPSA) is 53.4 Å². The molecule has 1 aliphatic carbocycles. The maximum Gasteiger partial charge on any atom is 0.255 e. The van der Waals surface area contributed by atoms with Crippen molar-refractivity contribution in [1.82, 2.24) is 9.88 Å². The Bertz CT molecular complexity index is 434. The van der Waals surface area contributed by atoms with Gasteiger partial charge in [0.05, 0.1) is 11.7 Å². The van der Waals surface area contributed by atoms with Crippen LogP contribution in [0.1, 0.15) is 35.2 Å². The van der Waals surface area contributed by atoms with E-state index in [0.29, 0.717) is 12.1 Å². The van der Waals surface area contributed by atoms with E-state index in [-0.39, 0.29) is 17.9 Å². The van der Waals surface area contributed by atoms with Gasteiger partial charge in [0.15, 0.2) is 0 Å². The molecule has 0 aromatic carbocycles. The van der Waals surface area contributed by atoms with Gasteiger partial charge < -0.3 is 10.0 Å². The molecule has 0 spiro atoms. The first-order valence-corrected chi connectivity index (χ1v) is 6.43. The van der Waals surface area contributed by atoms with Crippen molar-refractivity contribution in [1.29, 1.82) is 0 Å². The van der Waals surface area contributed by atoms with Crippen LogP contribution in [-0.2, 0) is 0 Å². The fourth-order valence-electron chi connectivity index (χ4n) is 2.56. The number of pyridine rings is 1. The summed E-state index contributed by atoms with van der Waals surface area (Å²) in [6, 6.07) is 1.84. The third kappa shape index (κ3) is 2.88. The molecule has 1 aliphatic rings. The molecule has 1 aromatic heterocycles.